The maximum Gasteiger partial charge on any atom is 0.334 e. The summed E-state index contributed by atoms with van der Waals surface area (Å²) in [5, 5.41) is -0.0462. The molecule has 0 unspecified atom stereocenters. The number of methoxy groups -OCH3 is 2. The molecule has 106 valence electrons. The lowest BCUT2D eigenvalue weighted by Crippen LogP contribution is -2.47. The highest BCUT2D eigenvalue weighted by Crippen LogP contribution is 2.37. The molecule has 0 saturated carbocycles. The van der Waals surface area contributed by atoms with Gasteiger partial charge in [0.25, 0.3) is 0 Å². The maximum atomic E-state index is 11.6. The lowest BCUT2D eigenvalue weighted by Gasteiger charge is -2.38. The number of esters is 2. The zero-order chi connectivity index (χ0) is 14.6. The van der Waals surface area contributed by atoms with Gasteiger partial charge in [0.1, 0.15) is 0 Å². The normalized spacial score (nSPS) is 13.9. The first kappa shape index (κ1) is 17.1. The quantitative estimate of drug-likeness (QED) is 0.568. The van der Waals surface area contributed by atoms with Crippen LogP contribution < -0.4 is 0 Å². The second-order valence-corrected chi connectivity index (χ2v) is 10.4. The summed E-state index contributed by atoms with van der Waals surface area (Å²) in [6.07, 6.45) is -1.00. The topological polar surface area (TPSA) is 61.8 Å². The Bertz CT molecular complexity index is 306. The highest BCUT2D eigenvalue weighted by atomic mass is 28.4. The third-order valence-corrected chi connectivity index (χ3v) is 7.77. The first-order chi connectivity index (χ1) is 8.05. The molecule has 6 heteroatoms. The van der Waals surface area contributed by atoms with Gasteiger partial charge in [-0.3, -0.25) is 4.79 Å². The Morgan fingerprint density at radius 2 is 1.61 bits per heavy atom. The van der Waals surface area contributed by atoms with E-state index in [4.69, 9.17) is 4.43 Å². The van der Waals surface area contributed by atoms with E-state index in [1.54, 1.807) is 0 Å². The van der Waals surface area contributed by atoms with Crippen LogP contribution in [0.25, 0.3) is 0 Å². The van der Waals surface area contributed by atoms with Crippen LogP contribution in [-0.2, 0) is 23.5 Å². The van der Waals surface area contributed by atoms with Crippen molar-refractivity contribution < 1.29 is 23.5 Å². The van der Waals surface area contributed by atoms with Crippen molar-refractivity contribution in [2.24, 2.45) is 0 Å². The zero-order valence-corrected chi connectivity index (χ0v) is 13.3. The summed E-state index contributed by atoms with van der Waals surface area (Å²) < 4.78 is 15.1. The van der Waals surface area contributed by atoms with Crippen molar-refractivity contribution in [2.75, 3.05) is 14.2 Å². The van der Waals surface area contributed by atoms with E-state index in [1.165, 1.54) is 14.2 Å². The second-order valence-electron chi connectivity index (χ2n) is 5.67. The van der Waals surface area contributed by atoms with Gasteiger partial charge in [-0.05, 0) is 18.1 Å². The standard InChI is InChI=1S/C12H24O5Si/c1-12(2,3)18(6,7)17-9(11(14)16-5)8-10(13)15-4/h9H,8H2,1-7H3/t9-/m1/s1. The Morgan fingerprint density at radius 3 is 1.94 bits per heavy atom. The van der Waals surface area contributed by atoms with E-state index < -0.39 is 26.4 Å². The molecule has 5 nitrogen and oxygen atoms in total. The van der Waals surface area contributed by atoms with E-state index >= 15 is 0 Å². The van der Waals surface area contributed by atoms with Crippen LogP contribution in [0.15, 0.2) is 0 Å². The molecule has 0 bridgehead atoms. The minimum atomic E-state index is -2.14. The van der Waals surface area contributed by atoms with E-state index in [1.807, 2.05) is 13.1 Å². The summed E-state index contributed by atoms with van der Waals surface area (Å²) in [5.74, 6) is -1.02. The van der Waals surface area contributed by atoms with E-state index in [0.29, 0.717) is 0 Å². The molecule has 18 heavy (non-hydrogen) atoms. The van der Waals surface area contributed by atoms with Crippen molar-refractivity contribution in [3.63, 3.8) is 0 Å². The molecule has 0 spiro atoms. The van der Waals surface area contributed by atoms with Gasteiger partial charge in [0.2, 0.25) is 0 Å². The fourth-order valence-corrected chi connectivity index (χ4v) is 2.32. The molecule has 1 atom stereocenters. The summed E-state index contributed by atoms with van der Waals surface area (Å²) in [4.78, 5) is 22.9. The molecule has 0 aromatic carbocycles. The molecular formula is C12H24O5Si. The van der Waals surface area contributed by atoms with Crippen LogP contribution in [0.5, 0.6) is 0 Å². The summed E-state index contributed by atoms with van der Waals surface area (Å²) in [5.41, 5.74) is 0. The first-order valence-electron chi connectivity index (χ1n) is 5.87. The lowest BCUT2D eigenvalue weighted by molar-refractivity contribution is -0.155. The van der Waals surface area contributed by atoms with Gasteiger partial charge in [-0.1, -0.05) is 20.8 Å². The van der Waals surface area contributed by atoms with Gasteiger partial charge in [-0.15, -0.1) is 0 Å². The molecule has 0 heterocycles. The molecule has 0 radical (unpaired) electrons. The average molecular weight is 276 g/mol. The molecule has 0 saturated heterocycles. The molecule has 0 fully saturated rings. The molecular weight excluding hydrogens is 252 g/mol. The van der Waals surface area contributed by atoms with Crippen molar-refractivity contribution in [1.82, 2.24) is 0 Å². The Morgan fingerprint density at radius 1 is 1.11 bits per heavy atom. The van der Waals surface area contributed by atoms with Crippen LogP contribution in [0.3, 0.4) is 0 Å². The van der Waals surface area contributed by atoms with Gasteiger partial charge in [0.15, 0.2) is 14.4 Å². The van der Waals surface area contributed by atoms with Crippen LogP contribution in [-0.4, -0.2) is 40.6 Å². The molecule has 0 N–H and O–H groups in total. The average Bonchev–Trinajstić information content (AvgIpc) is 2.24. The van der Waals surface area contributed by atoms with Crippen molar-refractivity contribution in [2.45, 2.75) is 51.4 Å². The van der Waals surface area contributed by atoms with Crippen molar-refractivity contribution in [1.29, 1.82) is 0 Å². The van der Waals surface area contributed by atoms with Crippen LogP contribution in [0.2, 0.25) is 18.1 Å². The molecule has 0 aliphatic carbocycles. The van der Waals surface area contributed by atoms with Gasteiger partial charge in [0, 0.05) is 0 Å². The Balaban J connectivity index is 4.90. The van der Waals surface area contributed by atoms with Gasteiger partial charge in [0.05, 0.1) is 20.6 Å². The SMILES string of the molecule is COC(=O)C[C@@H](O[Si](C)(C)C(C)(C)C)C(=O)OC. The van der Waals surface area contributed by atoms with Gasteiger partial charge in [-0.2, -0.15) is 0 Å². The minimum Gasteiger partial charge on any atom is -0.469 e. The van der Waals surface area contributed by atoms with Crippen LogP contribution in [0, 0.1) is 0 Å². The van der Waals surface area contributed by atoms with Crippen LogP contribution in [0.4, 0.5) is 0 Å². The van der Waals surface area contributed by atoms with E-state index in [9.17, 15) is 9.59 Å². The molecule has 0 aromatic rings. The zero-order valence-electron chi connectivity index (χ0n) is 12.3. The molecule has 0 rings (SSSR count). The van der Waals surface area contributed by atoms with Crippen molar-refractivity contribution in [3.8, 4) is 0 Å². The molecule has 0 aliphatic rings. The Hall–Kier alpha value is -0.883. The number of hydrogen-bond donors (Lipinski definition) is 0. The predicted octanol–water partition coefficient (Wildman–Crippen LogP) is 2.11. The Kier molecular flexibility index (Phi) is 6.02. The fourth-order valence-electron chi connectivity index (χ4n) is 1.07. The van der Waals surface area contributed by atoms with E-state index in [-0.39, 0.29) is 11.5 Å². The van der Waals surface area contributed by atoms with Gasteiger partial charge < -0.3 is 13.9 Å². The fraction of sp³-hybridized carbons (Fsp3) is 0.833. The Labute approximate surface area is 110 Å². The van der Waals surface area contributed by atoms with Crippen molar-refractivity contribution >= 4 is 20.3 Å². The highest BCUT2D eigenvalue weighted by Gasteiger charge is 2.41. The number of ether oxygens (including phenoxy) is 2. The summed E-state index contributed by atoms with van der Waals surface area (Å²) in [6.45, 7) is 10.2. The number of carbonyl (C=O) groups is 2. The monoisotopic (exact) mass is 276 g/mol. The third kappa shape index (κ3) is 4.78. The first-order valence-corrected chi connectivity index (χ1v) is 8.78. The minimum absolute atomic E-state index is 0.0462. The predicted molar refractivity (Wildman–Crippen MR) is 70.7 cm³/mol. The largest absolute Gasteiger partial charge is 0.469 e. The summed E-state index contributed by atoms with van der Waals surface area (Å²) in [7, 11) is 0.425. The summed E-state index contributed by atoms with van der Waals surface area (Å²) in [6, 6.07) is 0. The van der Waals surface area contributed by atoms with Crippen LogP contribution >= 0.6 is 0 Å². The maximum absolute atomic E-state index is 11.6. The van der Waals surface area contributed by atoms with Gasteiger partial charge in [-0.25, -0.2) is 4.79 Å². The number of carbonyl (C=O) groups excluding carboxylic acids is 2. The third-order valence-electron chi connectivity index (χ3n) is 3.29. The second kappa shape index (κ2) is 6.33. The molecule has 0 aromatic heterocycles. The molecule has 0 amide bonds. The smallest absolute Gasteiger partial charge is 0.334 e. The number of hydrogen-bond acceptors (Lipinski definition) is 5. The molecule has 0 aliphatic heterocycles. The van der Waals surface area contributed by atoms with E-state index in [0.717, 1.165) is 0 Å². The van der Waals surface area contributed by atoms with Crippen molar-refractivity contribution in [3.05, 3.63) is 0 Å². The lowest BCUT2D eigenvalue weighted by atomic mass is 10.2. The van der Waals surface area contributed by atoms with Crippen LogP contribution in [0.1, 0.15) is 27.2 Å². The van der Waals surface area contributed by atoms with E-state index in [2.05, 4.69) is 30.2 Å². The highest BCUT2D eigenvalue weighted by molar-refractivity contribution is 6.74. The number of rotatable bonds is 5. The summed E-state index contributed by atoms with van der Waals surface area (Å²) >= 11 is 0. The van der Waals surface area contributed by atoms with Gasteiger partial charge >= 0.3 is 11.9 Å².